The van der Waals surface area contributed by atoms with E-state index < -0.39 is 6.09 Å². The Morgan fingerprint density at radius 1 is 1.06 bits per heavy atom. The Balaban J connectivity index is 1.70. The maximum atomic E-state index is 12.4. The van der Waals surface area contributed by atoms with Crippen LogP contribution in [0.2, 0.25) is 0 Å². The van der Waals surface area contributed by atoms with Gasteiger partial charge in [-0.05, 0) is 87.5 Å². The molecular weight excluding hydrogens is 414 g/mol. The number of carboxylic acid groups (broad SMARTS) is 1. The molecule has 0 aromatic heterocycles. The highest BCUT2D eigenvalue weighted by Crippen LogP contribution is 2.43. The van der Waals surface area contributed by atoms with Gasteiger partial charge in [0.15, 0.2) is 0 Å². The van der Waals surface area contributed by atoms with Gasteiger partial charge in [-0.25, -0.2) is 4.79 Å². The molecule has 2 aliphatic heterocycles. The second kappa shape index (κ2) is 9.56. The van der Waals surface area contributed by atoms with Crippen LogP contribution >= 0.6 is 0 Å². The van der Waals surface area contributed by atoms with Gasteiger partial charge in [0.1, 0.15) is 0 Å². The summed E-state index contributed by atoms with van der Waals surface area (Å²) in [5.74, 6) is -0.0207. The van der Waals surface area contributed by atoms with Crippen molar-refractivity contribution in [3.05, 3.63) is 53.6 Å². The predicted molar refractivity (Wildman–Crippen MR) is 131 cm³/mol. The van der Waals surface area contributed by atoms with E-state index in [9.17, 15) is 14.7 Å². The number of hydrogen-bond donors (Lipinski definition) is 1. The van der Waals surface area contributed by atoms with Crippen LogP contribution in [-0.4, -0.2) is 52.1 Å². The predicted octanol–water partition coefficient (Wildman–Crippen LogP) is 5.52. The van der Waals surface area contributed by atoms with Crippen molar-refractivity contribution < 1.29 is 14.7 Å². The van der Waals surface area contributed by atoms with Crippen LogP contribution in [0, 0.1) is 0 Å². The second-order valence-corrected chi connectivity index (χ2v) is 9.73. The minimum absolute atomic E-state index is 0.0207. The van der Waals surface area contributed by atoms with Gasteiger partial charge in [0.05, 0.1) is 6.04 Å². The molecule has 33 heavy (non-hydrogen) atoms. The van der Waals surface area contributed by atoms with Gasteiger partial charge < -0.3 is 10.0 Å². The van der Waals surface area contributed by atoms with E-state index in [1.807, 2.05) is 32.9 Å². The number of benzene rings is 2. The molecule has 176 valence electrons. The van der Waals surface area contributed by atoms with Gasteiger partial charge in [-0.2, -0.15) is 0 Å². The molecule has 0 bridgehead atoms. The normalized spacial score (nSPS) is 20.7. The number of fused-ring (bicyclic) bond motifs is 1. The number of rotatable bonds is 5. The van der Waals surface area contributed by atoms with E-state index in [1.54, 1.807) is 11.8 Å². The topological polar surface area (TPSA) is 64.1 Å². The zero-order valence-electron chi connectivity index (χ0n) is 20.1. The maximum absolute atomic E-state index is 12.4. The van der Waals surface area contributed by atoms with Crippen LogP contribution < -0.4 is 4.90 Å². The molecule has 0 spiro atoms. The molecule has 0 unspecified atom stereocenters. The van der Waals surface area contributed by atoms with Gasteiger partial charge in [0.25, 0.3) is 0 Å². The van der Waals surface area contributed by atoms with E-state index in [-0.39, 0.29) is 24.0 Å². The molecule has 1 fully saturated rings. The quantitative estimate of drug-likeness (QED) is 0.652. The van der Waals surface area contributed by atoms with E-state index in [2.05, 4.69) is 35.2 Å². The third kappa shape index (κ3) is 4.76. The minimum atomic E-state index is -0.930. The highest BCUT2D eigenvalue weighted by molar-refractivity contribution is 5.94. The molecule has 0 aliphatic carbocycles. The van der Waals surface area contributed by atoms with Crippen molar-refractivity contribution in [3.63, 3.8) is 0 Å². The van der Waals surface area contributed by atoms with E-state index in [0.717, 1.165) is 28.9 Å². The number of nitrogens with zero attached hydrogens (tertiary/aromatic N) is 3. The Bertz CT molecular complexity index is 1010. The summed E-state index contributed by atoms with van der Waals surface area (Å²) in [6, 6.07) is 14.2. The number of carbonyl (C=O) groups is 2. The fraction of sp³-hybridized carbons (Fsp3) is 0.481. The molecule has 2 amide bonds. The van der Waals surface area contributed by atoms with Crippen molar-refractivity contribution in [2.75, 3.05) is 18.0 Å². The summed E-state index contributed by atoms with van der Waals surface area (Å²) in [6.45, 7) is 10.7. The van der Waals surface area contributed by atoms with Gasteiger partial charge in [-0.3, -0.25) is 14.6 Å². The molecule has 6 nitrogen and oxygen atoms in total. The Labute approximate surface area is 196 Å². The summed E-state index contributed by atoms with van der Waals surface area (Å²) < 4.78 is 0. The van der Waals surface area contributed by atoms with Crippen LogP contribution in [0.1, 0.15) is 64.1 Å². The highest BCUT2D eigenvalue weighted by atomic mass is 16.4. The lowest BCUT2D eigenvalue weighted by Crippen LogP contribution is -2.48. The van der Waals surface area contributed by atoms with E-state index in [1.165, 1.54) is 36.4 Å². The second-order valence-electron chi connectivity index (χ2n) is 9.73. The highest BCUT2D eigenvalue weighted by Gasteiger charge is 2.38. The maximum Gasteiger partial charge on any atom is 0.408 e. The summed E-state index contributed by atoms with van der Waals surface area (Å²) in [4.78, 5) is 30.4. The fourth-order valence-corrected chi connectivity index (χ4v) is 5.47. The molecule has 1 saturated heterocycles. The number of carbonyl (C=O) groups excluding carboxylic acids is 1. The van der Waals surface area contributed by atoms with Crippen molar-refractivity contribution in [1.29, 1.82) is 0 Å². The summed E-state index contributed by atoms with van der Waals surface area (Å²) in [6.07, 6.45) is 2.22. The molecule has 0 saturated carbocycles. The van der Waals surface area contributed by atoms with Gasteiger partial charge in [-0.15, -0.1) is 0 Å². The lowest BCUT2D eigenvalue weighted by Gasteiger charge is -2.43. The molecule has 2 aromatic rings. The number of hydrogen-bond acceptors (Lipinski definition) is 3. The lowest BCUT2D eigenvalue weighted by molar-refractivity contribution is -0.117. The average molecular weight is 450 g/mol. The Morgan fingerprint density at radius 2 is 1.70 bits per heavy atom. The fourth-order valence-electron chi connectivity index (χ4n) is 5.47. The van der Waals surface area contributed by atoms with Crippen molar-refractivity contribution in [2.24, 2.45) is 0 Å². The zero-order valence-corrected chi connectivity index (χ0v) is 20.1. The van der Waals surface area contributed by atoms with Crippen molar-refractivity contribution >= 4 is 17.7 Å². The van der Waals surface area contributed by atoms with E-state index in [4.69, 9.17) is 0 Å². The van der Waals surface area contributed by atoms with Crippen LogP contribution in [0.25, 0.3) is 11.1 Å². The Morgan fingerprint density at radius 3 is 2.27 bits per heavy atom. The first kappa shape index (κ1) is 23.3. The van der Waals surface area contributed by atoms with Gasteiger partial charge in [0, 0.05) is 31.2 Å². The molecule has 6 heteroatoms. The first-order valence-electron chi connectivity index (χ1n) is 12.0. The van der Waals surface area contributed by atoms with Crippen molar-refractivity contribution in [1.82, 2.24) is 9.80 Å². The van der Waals surface area contributed by atoms with Crippen LogP contribution in [0.4, 0.5) is 10.5 Å². The van der Waals surface area contributed by atoms with Gasteiger partial charge >= 0.3 is 6.09 Å². The largest absolute Gasteiger partial charge is 0.465 e. The summed E-state index contributed by atoms with van der Waals surface area (Å²) in [7, 11) is 0. The number of anilines is 1. The monoisotopic (exact) mass is 449 g/mol. The number of likely N-dealkylation sites (tertiary alicyclic amines) is 1. The van der Waals surface area contributed by atoms with Crippen LogP contribution in [0.3, 0.4) is 0 Å². The summed E-state index contributed by atoms with van der Waals surface area (Å²) >= 11 is 0. The van der Waals surface area contributed by atoms with E-state index in [0.29, 0.717) is 6.42 Å². The first-order valence-corrected chi connectivity index (χ1v) is 12.0. The summed E-state index contributed by atoms with van der Waals surface area (Å²) in [5.41, 5.74) is 5.16. The molecule has 2 aromatic carbocycles. The minimum Gasteiger partial charge on any atom is -0.465 e. The third-order valence-electron chi connectivity index (χ3n) is 7.00. The lowest BCUT2D eigenvalue weighted by atomic mass is 9.87. The average Bonchev–Trinajstić information content (AvgIpc) is 3.26. The standard InChI is InChI=1S/C27H35N3O3/c1-18(2)29(27(32)33)26-15-19(3)30(20(4)31)25-12-11-23(16-24(25)26)22-9-7-21(8-10-22)17-28-13-5-6-14-28/h7-12,16,18-19,26H,5-6,13-15,17H2,1-4H3,(H,32,33)/t19-,26+/m0/s1. The molecule has 2 atom stereocenters. The van der Waals surface area contributed by atoms with Gasteiger partial charge in [-0.1, -0.05) is 30.3 Å². The molecule has 4 rings (SSSR count). The van der Waals surface area contributed by atoms with Crippen molar-refractivity contribution in [3.8, 4) is 11.1 Å². The third-order valence-corrected chi connectivity index (χ3v) is 7.00. The zero-order chi connectivity index (χ0) is 23.7. The van der Waals surface area contributed by atoms with Crippen LogP contribution in [0.15, 0.2) is 42.5 Å². The molecule has 0 radical (unpaired) electrons. The van der Waals surface area contributed by atoms with Crippen LogP contribution in [-0.2, 0) is 11.3 Å². The Hall–Kier alpha value is -2.86. The Kier molecular flexibility index (Phi) is 6.75. The van der Waals surface area contributed by atoms with E-state index >= 15 is 0 Å². The van der Waals surface area contributed by atoms with Crippen molar-refractivity contribution in [2.45, 2.75) is 71.6 Å². The smallest absolute Gasteiger partial charge is 0.408 e. The molecular formula is C27H35N3O3. The first-order chi connectivity index (χ1) is 15.8. The molecule has 2 aliphatic rings. The number of amides is 2. The SMILES string of the molecule is CC(=O)N1c2ccc(-c3ccc(CN4CCCC4)cc3)cc2[C@H](N(C(=O)O)C(C)C)C[C@@H]1C. The molecule has 2 heterocycles. The summed E-state index contributed by atoms with van der Waals surface area (Å²) in [5, 5.41) is 9.96. The molecule has 1 N–H and O–H groups in total. The van der Waals surface area contributed by atoms with Crippen LogP contribution in [0.5, 0.6) is 0 Å². The van der Waals surface area contributed by atoms with Gasteiger partial charge in [0.2, 0.25) is 5.91 Å².